The van der Waals surface area contributed by atoms with E-state index in [1.54, 1.807) is 17.3 Å². The first-order valence-electron chi connectivity index (χ1n) is 13.1. The van der Waals surface area contributed by atoms with Gasteiger partial charge in [0.25, 0.3) is 5.91 Å². The predicted octanol–water partition coefficient (Wildman–Crippen LogP) is 3.52. The third-order valence-corrected chi connectivity index (χ3v) is 7.70. The molecule has 2 aromatic heterocycles. The highest BCUT2D eigenvalue weighted by Crippen LogP contribution is 2.37. The number of likely N-dealkylation sites (tertiary alicyclic amines) is 1. The summed E-state index contributed by atoms with van der Waals surface area (Å²) in [5.74, 6) is 1.12. The van der Waals surface area contributed by atoms with Gasteiger partial charge in [-0.2, -0.15) is 0 Å². The molecule has 8 heteroatoms. The molecule has 0 unspecified atom stereocenters. The lowest BCUT2D eigenvalue weighted by Crippen LogP contribution is -2.51. The van der Waals surface area contributed by atoms with E-state index in [9.17, 15) is 14.4 Å². The summed E-state index contributed by atoms with van der Waals surface area (Å²) in [6, 6.07) is 11.4. The summed E-state index contributed by atoms with van der Waals surface area (Å²) in [6.07, 6.45) is 6.86. The molecule has 0 bridgehead atoms. The molecular formula is C29H30N4O4. The highest BCUT2D eigenvalue weighted by molar-refractivity contribution is 6.01. The van der Waals surface area contributed by atoms with Crippen LogP contribution in [0, 0.1) is 0 Å². The molecule has 0 atom stereocenters. The lowest BCUT2D eigenvalue weighted by molar-refractivity contribution is -0.131. The van der Waals surface area contributed by atoms with Crippen molar-refractivity contribution in [3.05, 3.63) is 65.7 Å². The fourth-order valence-corrected chi connectivity index (χ4v) is 5.57. The Labute approximate surface area is 215 Å². The van der Waals surface area contributed by atoms with Crippen LogP contribution in [0.25, 0.3) is 22.5 Å². The Kier molecular flexibility index (Phi) is 6.34. The Bertz CT molecular complexity index is 1340. The number of rotatable bonds is 5. The van der Waals surface area contributed by atoms with Gasteiger partial charge in [-0.3, -0.25) is 24.3 Å². The Morgan fingerprint density at radius 1 is 0.811 bits per heavy atom. The highest BCUT2D eigenvalue weighted by Gasteiger charge is 2.29. The van der Waals surface area contributed by atoms with Crippen LogP contribution in [-0.4, -0.2) is 83.1 Å². The Morgan fingerprint density at radius 3 is 2.32 bits per heavy atom. The fraction of sp³-hybridized carbons (Fsp3) is 0.379. The number of amides is 2. The zero-order valence-electron chi connectivity index (χ0n) is 20.8. The number of ketones is 1. The van der Waals surface area contributed by atoms with E-state index in [1.807, 2.05) is 41.3 Å². The minimum absolute atomic E-state index is 0.150. The molecule has 3 aromatic rings. The first-order valence-corrected chi connectivity index (χ1v) is 13.1. The molecule has 2 fully saturated rings. The van der Waals surface area contributed by atoms with Crippen molar-refractivity contribution in [3.8, 4) is 22.5 Å². The van der Waals surface area contributed by atoms with Crippen LogP contribution in [0.4, 0.5) is 0 Å². The van der Waals surface area contributed by atoms with Crippen molar-refractivity contribution in [2.24, 2.45) is 0 Å². The van der Waals surface area contributed by atoms with E-state index in [4.69, 9.17) is 4.42 Å². The summed E-state index contributed by atoms with van der Waals surface area (Å²) in [4.78, 5) is 48.1. The van der Waals surface area contributed by atoms with E-state index < -0.39 is 0 Å². The van der Waals surface area contributed by atoms with E-state index >= 15 is 0 Å². The molecule has 1 aromatic carbocycles. The standard InChI is InChI=1S/C29H30N4O4/c34-25-6-4-21-17-22(3-5-23(21)25)24-18-26(37-28(24)20-7-9-30-10-8-20)29(36)33-15-13-31(14-16-33)19-27(35)32-11-1-2-12-32/h3,5,7-10,17-18H,1-2,4,6,11-16,19H2. The molecule has 1 aliphatic carbocycles. The van der Waals surface area contributed by atoms with Gasteiger partial charge in [0.1, 0.15) is 5.76 Å². The summed E-state index contributed by atoms with van der Waals surface area (Å²) in [7, 11) is 0. The van der Waals surface area contributed by atoms with E-state index in [0.717, 1.165) is 60.2 Å². The number of furan rings is 1. The molecule has 8 nitrogen and oxygen atoms in total. The minimum atomic E-state index is -0.150. The number of carbonyl (C=O) groups is 3. The quantitative estimate of drug-likeness (QED) is 0.535. The Morgan fingerprint density at radius 2 is 1.57 bits per heavy atom. The number of piperazine rings is 1. The van der Waals surface area contributed by atoms with Gasteiger partial charge in [0.15, 0.2) is 11.5 Å². The number of hydrogen-bond donors (Lipinski definition) is 0. The molecule has 2 amide bonds. The van der Waals surface area contributed by atoms with Crippen LogP contribution in [0.5, 0.6) is 0 Å². The van der Waals surface area contributed by atoms with Crippen LogP contribution in [0.1, 0.15) is 45.7 Å². The zero-order chi connectivity index (χ0) is 25.4. The molecule has 0 N–H and O–H groups in total. The van der Waals surface area contributed by atoms with Crippen LogP contribution in [0.3, 0.4) is 0 Å². The van der Waals surface area contributed by atoms with Crippen molar-refractivity contribution < 1.29 is 18.8 Å². The maximum Gasteiger partial charge on any atom is 0.289 e. The first kappa shape index (κ1) is 23.6. The molecule has 4 heterocycles. The maximum atomic E-state index is 13.5. The molecule has 2 saturated heterocycles. The molecule has 3 aliphatic rings. The normalized spacial score (nSPS) is 17.9. The largest absolute Gasteiger partial charge is 0.450 e. The molecule has 0 radical (unpaired) electrons. The lowest BCUT2D eigenvalue weighted by Gasteiger charge is -2.34. The van der Waals surface area contributed by atoms with Gasteiger partial charge in [0, 0.05) is 74.8 Å². The number of hydrogen-bond acceptors (Lipinski definition) is 6. The number of carbonyl (C=O) groups excluding carboxylic acids is 3. The van der Waals surface area contributed by atoms with Gasteiger partial charge in [0.05, 0.1) is 6.54 Å². The van der Waals surface area contributed by atoms with E-state index in [-0.39, 0.29) is 17.6 Å². The second-order valence-electron chi connectivity index (χ2n) is 10.0. The van der Waals surface area contributed by atoms with E-state index in [1.165, 1.54) is 0 Å². The summed E-state index contributed by atoms with van der Waals surface area (Å²) < 4.78 is 6.21. The van der Waals surface area contributed by atoms with Crippen LogP contribution in [-0.2, 0) is 11.2 Å². The van der Waals surface area contributed by atoms with Gasteiger partial charge < -0.3 is 14.2 Å². The summed E-state index contributed by atoms with van der Waals surface area (Å²) in [5, 5.41) is 0. The number of benzene rings is 1. The SMILES string of the molecule is O=C1CCc2cc(-c3cc(C(=O)N4CCN(CC(=O)N5CCCC5)CC4)oc3-c3ccncc3)ccc21. The van der Waals surface area contributed by atoms with Gasteiger partial charge in [-0.1, -0.05) is 18.2 Å². The van der Waals surface area contributed by atoms with Crippen LogP contribution in [0.2, 0.25) is 0 Å². The summed E-state index contributed by atoms with van der Waals surface area (Å²) in [5.41, 5.74) is 4.41. The topological polar surface area (TPSA) is 87.0 Å². The van der Waals surface area contributed by atoms with Crippen molar-refractivity contribution in [3.63, 3.8) is 0 Å². The van der Waals surface area contributed by atoms with E-state index in [2.05, 4.69) is 9.88 Å². The van der Waals surface area contributed by atoms with Crippen LogP contribution >= 0.6 is 0 Å². The Balaban J connectivity index is 1.21. The number of aryl methyl sites for hydroxylation is 1. The van der Waals surface area contributed by atoms with Crippen LogP contribution in [0.15, 0.2) is 53.2 Å². The third kappa shape index (κ3) is 4.69. The molecular weight excluding hydrogens is 468 g/mol. The first-order chi connectivity index (χ1) is 18.1. The average Bonchev–Trinajstić information content (AvgIpc) is 3.70. The number of aromatic nitrogens is 1. The van der Waals surface area contributed by atoms with Crippen LogP contribution < -0.4 is 0 Å². The fourth-order valence-electron chi connectivity index (χ4n) is 5.57. The maximum absolute atomic E-state index is 13.5. The van der Waals surface area contributed by atoms with Gasteiger partial charge in [0.2, 0.25) is 5.91 Å². The second kappa shape index (κ2) is 9.94. The second-order valence-corrected chi connectivity index (χ2v) is 10.0. The van der Waals surface area contributed by atoms with Crippen molar-refractivity contribution >= 4 is 17.6 Å². The minimum Gasteiger partial charge on any atom is -0.450 e. The molecule has 2 aliphatic heterocycles. The van der Waals surface area contributed by atoms with Gasteiger partial charge in [-0.15, -0.1) is 0 Å². The lowest BCUT2D eigenvalue weighted by atomic mass is 9.98. The number of Topliss-reactive ketones (excluding diaryl/α,β-unsaturated/α-hetero) is 1. The van der Waals surface area contributed by atoms with Gasteiger partial charge >= 0.3 is 0 Å². The summed E-state index contributed by atoms with van der Waals surface area (Å²) >= 11 is 0. The third-order valence-electron chi connectivity index (χ3n) is 7.70. The van der Waals surface area contributed by atoms with E-state index in [0.29, 0.717) is 50.7 Å². The Hall–Kier alpha value is -3.78. The highest BCUT2D eigenvalue weighted by atomic mass is 16.4. The van der Waals surface area contributed by atoms with Crippen molar-refractivity contribution in [2.45, 2.75) is 25.7 Å². The molecule has 190 valence electrons. The number of nitrogens with zero attached hydrogens (tertiary/aromatic N) is 4. The molecule has 0 saturated carbocycles. The van der Waals surface area contributed by atoms with Gasteiger partial charge in [-0.25, -0.2) is 0 Å². The number of fused-ring (bicyclic) bond motifs is 1. The zero-order valence-corrected chi connectivity index (χ0v) is 20.8. The van der Waals surface area contributed by atoms with Crippen molar-refractivity contribution in [1.82, 2.24) is 19.7 Å². The molecule has 6 rings (SSSR count). The van der Waals surface area contributed by atoms with Crippen molar-refractivity contribution in [2.75, 3.05) is 45.8 Å². The predicted molar refractivity (Wildman–Crippen MR) is 138 cm³/mol. The smallest absolute Gasteiger partial charge is 0.289 e. The molecule has 0 spiro atoms. The molecule has 37 heavy (non-hydrogen) atoms. The summed E-state index contributed by atoms with van der Waals surface area (Å²) in [6.45, 7) is 4.56. The van der Waals surface area contributed by atoms with Crippen molar-refractivity contribution in [1.29, 1.82) is 0 Å². The monoisotopic (exact) mass is 498 g/mol. The number of pyridine rings is 1. The average molecular weight is 499 g/mol. The van der Waals surface area contributed by atoms with Gasteiger partial charge in [-0.05, 0) is 48.6 Å².